The minimum absolute atomic E-state index is 0.162. The standard InChI is InChI=1S/C12H21N5O3/c1-12(2,16(3)4)8-13-11(20)15-9-5-14-17(6-9)7-10(18)19/h5-6H,7-8H2,1-4H3,(H,18,19)(H2,13,15,20). The SMILES string of the molecule is CN(C)C(C)(C)CNC(=O)Nc1cnn(CC(=O)O)c1. The van der Waals surface area contributed by atoms with Crippen LogP contribution in [0, 0.1) is 0 Å². The molecule has 0 aliphatic rings. The van der Waals surface area contributed by atoms with Crippen LogP contribution in [-0.2, 0) is 11.3 Å². The van der Waals surface area contributed by atoms with Gasteiger partial charge in [0.05, 0.1) is 11.9 Å². The highest BCUT2D eigenvalue weighted by Gasteiger charge is 2.21. The minimum atomic E-state index is -0.989. The van der Waals surface area contributed by atoms with Crippen molar-refractivity contribution in [1.82, 2.24) is 20.0 Å². The summed E-state index contributed by atoms with van der Waals surface area (Å²) in [6, 6.07) is -0.352. The molecule has 0 bridgehead atoms. The van der Waals surface area contributed by atoms with E-state index >= 15 is 0 Å². The molecule has 0 aromatic carbocycles. The van der Waals surface area contributed by atoms with E-state index in [2.05, 4.69) is 15.7 Å². The second kappa shape index (κ2) is 6.38. The number of carboxylic acids is 1. The summed E-state index contributed by atoms with van der Waals surface area (Å²) in [7, 11) is 3.88. The van der Waals surface area contributed by atoms with Gasteiger partial charge < -0.3 is 20.6 Å². The lowest BCUT2D eigenvalue weighted by molar-refractivity contribution is -0.137. The summed E-state index contributed by atoms with van der Waals surface area (Å²) in [6.07, 6.45) is 2.87. The third-order valence-electron chi connectivity index (χ3n) is 3.08. The molecule has 0 fully saturated rings. The Labute approximate surface area is 117 Å². The number of urea groups is 1. The van der Waals surface area contributed by atoms with Gasteiger partial charge in [-0.25, -0.2) is 4.79 Å². The molecule has 0 radical (unpaired) electrons. The smallest absolute Gasteiger partial charge is 0.325 e. The molecule has 0 atom stereocenters. The normalized spacial score (nSPS) is 11.4. The van der Waals surface area contributed by atoms with Crippen LogP contribution >= 0.6 is 0 Å². The van der Waals surface area contributed by atoms with Gasteiger partial charge in [0.25, 0.3) is 0 Å². The van der Waals surface area contributed by atoms with Gasteiger partial charge in [-0.2, -0.15) is 5.10 Å². The van der Waals surface area contributed by atoms with E-state index in [1.54, 1.807) is 0 Å². The zero-order valence-electron chi connectivity index (χ0n) is 12.2. The van der Waals surface area contributed by atoms with Crippen molar-refractivity contribution in [2.75, 3.05) is 26.0 Å². The summed E-state index contributed by atoms with van der Waals surface area (Å²) < 4.78 is 1.24. The highest BCUT2D eigenvalue weighted by atomic mass is 16.4. The van der Waals surface area contributed by atoms with Crippen molar-refractivity contribution < 1.29 is 14.7 Å². The van der Waals surface area contributed by atoms with Gasteiger partial charge in [0.1, 0.15) is 6.54 Å². The van der Waals surface area contributed by atoms with Gasteiger partial charge in [0, 0.05) is 18.3 Å². The van der Waals surface area contributed by atoms with E-state index in [1.807, 2.05) is 32.8 Å². The van der Waals surface area contributed by atoms with E-state index in [-0.39, 0.29) is 18.1 Å². The molecule has 2 amide bonds. The van der Waals surface area contributed by atoms with Gasteiger partial charge in [-0.15, -0.1) is 0 Å². The second-order valence-electron chi connectivity index (χ2n) is 5.33. The highest BCUT2D eigenvalue weighted by Crippen LogP contribution is 2.08. The lowest BCUT2D eigenvalue weighted by Gasteiger charge is -2.32. The van der Waals surface area contributed by atoms with E-state index < -0.39 is 5.97 Å². The molecule has 0 aliphatic heterocycles. The van der Waals surface area contributed by atoms with Gasteiger partial charge in [-0.05, 0) is 27.9 Å². The topological polar surface area (TPSA) is 99.5 Å². The number of nitrogens with zero attached hydrogens (tertiary/aromatic N) is 3. The first-order chi connectivity index (χ1) is 9.20. The van der Waals surface area contributed by atoms with Crippen molar-refractivity contribution in [2.45, 2.75) is 25.9 Å². The summed E-state index contributed by atoms with van der Waals surface area (Å²) in [4.78, 5) is 24.2. The van der Waals surface area contributed by atoms with Gasteiger partial charge in [-0.3, -0.25) is 9.48 Å². The van der Waals surface area contributed by atoms with E-state index in [0.717, 1.165) is 0 Å². The van der Waals surface area contributed by atoms with Crippen molar-refractivity contribution in [3.05, 3.63) is 12.4 Å². The third kappa shape index (κ3) is 4.88. The molecular weight excluding hydrogens is 262 g/mol. The Morgan fingerprint density at radius 1 is 1.45 bits per heavy atom. The van der Waals surface area contributed by atoms with Gasteiger partial charge in [-0.1, -0.05) is 0 Å². The summed E-state index contributed by atoms with van der Waals surface area (Å²) in [6.45, 7) is 4.27. The fraction of sp³-hybridized carbons (Fsp3) is 0.583. The average Bonchev–Trinajstić information content (AvgIpc) is 2.73. The Kier molecular flexibility index (Phi) is 5.09. The Morgan fingerprint density at radius 2 is 2.10 bits per heavy atom. The second-order valence-corrected chi connectivity index (χ2v) is 5.33. The van der Waals surface area contributed by atoms with Crippen LogP contribution in [0.15, 0.2) is 12.4 Å². The largest absolute Gasteiger partial charge is 0.480 e. The third-order valence-corrected chi connectivity index (χ3v) is 3.08. The van der Waals surface area contributed by atoms with Crippen molar-refractivity contribution in [3.8, 4) is 0 Å². The number of carbonyl (C=O) groups excluding carboxylic acids is 1. The maximum Gasteiger partial charge on any atom is 0.325 e. The first kappa shape index (κ1) is 16.0. The Hall–Kier alpha value is -2.09. The molecule has 8 nitrogen and oxygen atoms in total. The molecule has 0 spiro atoms. The highest BCUT2D eigenvalue weighted by molar-refractivity contribution is 5.88. The number of hydrogen-bond donors (Lipinski definition) is 3. The molecule has 112 valence electrons. The fourth-order valence-electron chi connectivity index (χ4n) is 1.28. The van der Waals surface area contributed by atoms with Crippen molar-refractivity contribution in [1.29, 1.82) is 0 Å². The summed E-state index contributed by atoms with van der Waals surface area (Å²) in [5.74, 6) is -0.989. The van der Waals surface area contributed by atoms with Crippen molar-refractivity contribution in [3.63, 3.8) is 0 Å². The number of amides is 2. The predicted molar refractivity (Wildman–Crippen MR) is 74.7 cm³/mol. The fourth-order valence-corrected chi connectivity index (χ4v) is 1.28. The van der Waals surface area contributed by atoms with E-state index in [9.17, 15) is 9.59 Å². The van der Waals surface area contributed by atoms with Crippen LogP contribution < -0.4 is 10.6 Å². The quantitative estimate of drug-likeness (QED) is 0.703. The van der Waals surface area contributed by atoms with Crippen LogP contribution in [0.25, 0.3) is 0 Å². The number of carbonyl (C=O) groups is 2. The average molecular weight is 283 g/mol. The van der Waals surface area contributed by atoms with Crippen LogP contribution in [0.5, 0.6) is 0 Å². The molecule has 1 aromatic heterocycles. The number of aromatic nitrogens is 2. The van der Waals surface area contributed by atoms with E-state index in [0.29, 0.717) is 12.2 Å². The number of likely N-dealkylation sites (N-methyl/N-ethyl adjacent to an activating group) is 1. The number of anilines is 1. The van der Waals surface area contributed by atoms with E-state index in [4.69, 9.17) is 5.11 Å². The van der Waals surface area contributed by atoms with Crippen LogP contribution in [0.2, 0.25) is 0 Å². The molecule has 0 saturated carbocycles. The van der Waals surface area contributed by atoms with Crippen molar-refractivity contribution in [2.24, 2.45) is 0 Å². The van der Waals surface area contributed by atoms with Crippen LogP contribution in [0.1, 0.15) is 13.8 Å². The lowest BCUT2D eigenvalue weighted by Crippen LogP contribution is -2.49. The summed E-state index contributed by atoms with van der Waals surface area (Å²) in [5.41, 5.74) is 0.289. The van der Waals surface area contributed by atoms with E-state index in [1.165, 1.54) is 17.1 Å². The van der Waals surface area contributed by atoms with Gasteiger partial charge in [0.15, 0.2) is 0 Å². The molecule has 0 saturated heterocycles. The van der Waals surface area contributed by atoms with Gasteiger partial charge in [0.2, 0.25) is 0 Å². The molecule has 8 heteroatoms. The van der Waals surface area contributed by atoms with Gasteiger partial charge >= 0.3 is 12.0 Å². The zero-order valence-corrected chi connectivity index (χ0v) is 12.2. The number of nitrogens with one attached hydrogen (secondary N) is 2. The Balaban J connectivity index is 2.46. The lowest BCUT2D eigenvalue weighted by atomic mass is 10.1. The molecule has 0 aliphatic carbocycles. The zero-order chi connectivity index (χ0) is 15.3. The Morgan fingerprint density at radius 3 is 2.65 bits per heavy atom. The maximum atomic E-state index is 11.7. The number of carboxylic acid groups (broad SMARTS) is 1. The monoisotopic (exact) mass is 283 g/mol. The molecule has 3 N–H and O–H groups in total. The summed E-state index contributed by atoms with van der Waals surface area (Å²) in [5, 5.41) is 17.8. The minimum Gasteiger partial charge on any atom is -0.480 e. The van der Waals surface area contributed by atoms with Crippen LogP contribution in [0.3, 0.4) is 0 Å². The molecule has 1 rings (SSSR count). The first-order valence-corrected chi connectivity index (χ1v) is 6.17. The number of rotatable bonds is 6. The summed E-state index contributed by atoms with van der Waals surface area (Å²) >= 11 is 0. The number of aliphatic carboxylic acids is 1. The maximum absolute atomic E-state index is 11.7. The Bertz CT molecular complexity index is 481. The molecule has 1 heterocycles. The molecular formula is C12H21N5O3. The van der Waals surface area contributed by atoms with Crippen molar-refractivity contribution >= 4 is 17.7 Å². The molecule has 0 unspecified atom stereocenters. The predicted octanol–water partition coefficient (Wildman–Crippen LogP) is 0.429. The van der Waals surface area contributed by atoms with Crippen LogP contribution in [-0.4, -0.2) is 58.0 Å². The molecule has 20 heavy (non-hydrogen) atoms. The molecule has 1 aromatic rings. The van der Waals surface area contributed by atoms with Crippen LogP contribution in [0.4, 0.5) is 10.5 Å². The first-order valence-electron chi connectivity index (χ1n) is 6.17. The number of hydrogen-bond acceptors (Lipinski definition) is 4.